The largest absolute Gasteiger partial charge is 0.497 e. The summed E-state index contributed by atoms with van der Waals surface area (Å²) in [4.78, 5) is 11.9. The van der Waals surface area contributed by atoms with Gasteiger partial charge in [-0.3, -0.25) is 4.57 Å². The number of fused-ring (bicyclic) bond motifs is 1. The molecule has 21 heavy (non-hydrogen) atoms. The number of para-hydroxylation sites is 2. The van der Waals surface area contributed by atoms with Crippen molar-refractivity contribution >= 4 is 11.1 Å². The standard InChI is InChI=1S/C16H16N2O3/c1-20-12-6-4-5-11(9-12)13(17)10-18-14-7-2-3-8-15(14)21-16(18)19/h2-9,13H,10,17H2,1H3. The molecule has 1 atom stereocenters. The third-order valence-corrected chi connectivity index (χ3v) is 3.47. The lowest BCUT2D eigenvalue weighted by atomic mass is 10.1. The maximum Gasteiger partial charge on any atom is 0.420 e. The number of rotatable bonds is 4. The van der Waals surface area contributed by atoms with Crippen LogP contribution in [-0.2, 0) is 6.54 Å². The van der Waals surface area contributed by atoms with Gasteiger partial charge in [0.1, 0.15) is 5.75 Å². The Kier molecular flexibility index (Phi) is 3.50. The molecular weight excluding hydrogens is 268 g/mol. The van der Waals surface area contributed by atoms with Crippen LogP contribution in [0.25, 0.3) is 11.1 Å². The van der Waals surface area contributed by atoms with Gasteiger partial charge in [-0.25, -0.2) is 4.79 Å². The van der Waals surface area contributed by atoms with Crippen molar-refractivity contribution in [3.63, 3.8) is 0 Å². The van der Waals surface area contributed by atoms with Crippen LogP contribution in [0.4, 0.5) is 0 Å². The van der Waals surface area contributed by atoms with Crippen molar-refractivity contribution in [2.75, 3.05) is 7.11 Å². The highest BCUT2D eigenvalue weighted by Gasteiger charge is 2.14. The van der Waals surface area contributed by atoms with Crippen LogP contribution in [0.5, 0.6) is 5.75 Å². The molecule has 0 radical (unpaired) electrons. The molecule has 1 unspecified atom stereocenters. The maximum atomic E-state index is 11.9. The highest BCUT2D eigenvalue weighted by Crippen LogP contribution is 2.20. The molecule has 0 spiro atoms. The fourth-order valence-corrected chi connectivity index (χ4v) is 2.36. The average molecular weight is 284 g/mol. The van der Waals surface area contributed by atoms with Crippen molar-refractivity contribution < 1.29 is 9.15 Å². The lowest BCUT2D eigenvalue weighted by Gasteiger charge is -2.13. The van der Waals surface area contributed by atoms with E-state index in [0.29, 0.717) is 12.1 Å². The van der Waals surface area contributed by atoms with Crippen LogP contribution in [0.3, 0.4) is 0 Å². The van der Waals surface area contributed by atoms with E-state index in [-0.39, 0.29) is 6.04 Å². The van der Waals surface area contributed by atoms with E-state index >= 15 is 0 Å². The molecular formula is C16H16N2O3. The van der Waals surface area contributed by atoms with Crippen LogP contribution in [0.1, 0.15) is 11.6 Å². The maximum absolute atomic E-state index is 11.9. The summed E-state index contributed by atoms with van der Waals surface area (Å²) in [6, 6.07) is 14.5. The van der Waals surface area contributed by atoms with E-state index in [0.717, 1.165) is 16.8 Å². The van der Waals surface area contributed by atoms with Gasteiger partial charge in [0.25, 0.3) is 0 Å². The summed E-state index contributed by atoms with van der Waals surface area (Å²) in [5, 5.41) is 0. The van der Waals surface area contributed by atoms with Crippen molar-refractivity contribution in [1.82, 2.24) is 4.57 Å². The molecule has 0 saturated heterocycles. The van der Waals surface area contributed by atoms with E-state index in [4.69, 9.17) is 14.9 Å². The first-order chi connectivity index (χ1) is 10.2. The molecule has 2 N–H and O–H groups in total. The Morgan fingerprint density at radius 2 is 2.05 bits per heavy atom. The molecule has 0 amide bonds. The number of ether oxygens (including phenoxy) is 1. The van der Waals surface area contributed by atoms with Gasteiger partial charge in [0, 0.05) is 12.6 Å². The molecule has 0 saturated carbocycles. The third-order valence-electron chi connectivity index (χ3n) is 3.47. The molecule has 1 aromatic heterocycles. The number of benzene rings is 2. The first-order valence-corrected chi connectivity index (χ1v) is 6.67. The number of hydrogen-bond donors (Lipinski definition) is 1. The molecule has 0 aliphatic heterocycles. The topological polar surface area (TPSA) is 70.4 Å². The summed E-state index contributed by atoms with van der Waals surface area (Å²) in [7, 11) is 1.61. The van der Waals surface area contributed by atoms with Gasteiger partial charge in [0.2, 0.25) is 0 Å². The van der Waals surface area contributed by atoms with Gasteiger partial charge in [0.15, 0.2) is 5.58 Å². The summed E-state index contributed by atoms with van der Waals surface area (Å²) < 4.78 is 12.0. The molecule has 3 rings (SSSR count). The van der Waals surface area contributed by atoms with Crippen molar-refractivity contribution in [2.24, 2.45) is 5.73 Å². The third kappa shape index (κ3) is 2.55. The Labute approximate surface area is 121 Å². The van der Waals surface area contributed by atoms with Crippen molar-refractivity contribution in [3.8, 4) is 5.75 Å². The Morgan fingerprint density at radius 1 is 1.24 bits per heavy atom. The Morgan fingerprint density at radius 3 is 2.86 bits per heavy atom. The number of hydrogen-bond acceptors (Lipinski definition) is 4. The fourth-order valence-electron chi connectivity index (χ4n) is 2.36. The highest BCUT2D eigenvalue weighted by molar-refractivity contribution is 5.72. The van der Waals surface area contributed by atoms with E-state index in [2.05, 4.69) is 0 Å². The molecule has 5 nitrogen and oxygen atoms in total. The number of methoxy groups -OCH3 is 1. The quantitative estimate of drug-likeness (QED) is 0.798. The molecule has 1 heterocycles. The van der Waals surface area contributed by atoms with Crippen LogP contribution in [0, 0.1) is 0 Å². The minimum absolute atomic E-state index is 0.321. The Hall–Kier alpha value is -2.53. The van der Waals surface area contributed by atoms with Crippen molar-refractivity contribution in [3.05, 3.63) is 64.6 Å². The Bertz CT molecular complexity index is 820. The second-order valence-electron chi connectivity index (χ2n) is 4.83. The minimum atomic E-state index is -0.394. The van der Waals surface area contributed by atoms with E-state index < -0.39 is 5.76 Å². The van der Waals surface area contributed by atoms with Gasteiger partial charge in [-0.1, -0.05) is 24.3 Å². The summed E-state index contributed by atoms with van der Waals surface area (Å²) in [6.45, 7) is 0.350. The molecule has 0 aliphatic carbocycles. The van der Waals surface area contributed by atoms with Crippen LogP contribution >= 0.6 is 0 Å². The molecule has 0 aliphatic rings. The predicted molar refractivity (Wildman–Crippen MR) is 80.4 cm³/mol. The summed E-state index contributed by atoms with van der Waals surface area (Å²) in [6.07, 6.45) is 0. The Balaban J connectivity index is 1.94. The average Bonchev–Trinajstić information content (AvgIpc) is 2.83. The zero-order chi connectivity index (χ0) is 14.8. The van der Waals surface area contributed by atoms with Gasteiger partial charge in [-0.15, -0.1) is 0 Å². The monoisotopic (exact) mass is 284 g/mol. The summed E-state index contributed by atoms with van der Waals surface area (Å²) in [5.74, 6) is 0.349. The number of nitrogens with two attached hydrogens (primary N) is 1. The SMILES string of the molecule is COc1cccc(C(N)Cn2c(=O)oc3ccccc32)c1. The smallest absolute Gasteiger partial charge is 0.420 e. The van der Waals surface area contributed by atoms with E-state index in [9.17, 15) is 4.79 Å². The molecule has 108 valence electrons. The van der Waals surface area contributed by atoms with E-state index in [1.165, 1.54) is 0 Å². The van der Waals surface area contributed by atoms with Gasteiger partial charge >= 0.3 is 5.76 Å². The number of aromatic nitrogens is 1. The van der Waals surface area contributed by atoms with Gasteiger partial charge in [-0.05, 0) is 29.8 Å². The molecule has 2 aromatic carbocycles. The van der Waals surface area contributed by atoms with Crippen molar-refractivity contribution in [1.29, 1.82) is 0 Å². The lowest BCUT2D eigenvalue weighted by Crippen LogP contribution is -2.23. The lowest BCUT2D eigenvalue weighted by molar-refractivity contribution is 0.413. The second-order valence-corrected chi connectivity index (χ2v) is 4.83. The number of oxazole rings is 1. The molecule has 5 heteroatoms. The van der Waals surface area contributed by atoms with E-state index in [1.807, 2.05) is 42.5 Å². The molecule has 3 aromatic rings. The minimum Gasteiger partial charge on any atom is -0.497 e. The zero-order valence-corrected chi connectivity index (χ0v) is 11.7. The normalized spacial score (nSPS) is 12.5. The van der Waals surface area contributed by atoms with Gasteiger partial charge < -0.3 is 14.9 Å². The van der Waals surface area contributed by atoms with Gasteiger partial charge in [-0.2, -0.15) is 0 Å². The highest BCUT2D eigenvalue weighted by atomic mass is 16.5. The zero-order valence-electron chi connectivity index (χ0n) is 11.7. The fraction of sp³-hybridized carbons (Fsp3) is 0.188. The molecule has 0 bridgehead atoms. The summed E-state index contributed by atoms with van der Waals surface area (Å²) in [5.41, 5.74) is 8.44. The molecule has 0 fully saturated rings. The van der Waals surface area contributed by atoms with Crippen LogP contribution in [0.2, 0.25) is 0 Å². The second kappa shape index (κ2) is 5.46. The number of nitrogens with zero attached hydrogens (tertiary/aromatic N) is 1. The van der Waals surface area contributed by atoms with Crippen LogP contribution < -0.4 is 16.2 Å². The first kappa shape index (κ1) is 13.5. The van der Waals surface area contributed by atoms with Gasteiger partial charge in [0.05, 0.1) is 12.6 Å². The van der Waals surface area contributed by atoms with Crippen LogP contribution in [0.15, 0.2) is 57.7 Å². The van der Waals surface area contributed by atoms with E-state index in [1.54, 1.807) is 17.7 Å². The predicted octanol–water partition coefficient (Wildman–Crippen LogP) is 2.30. The van der Waals surface area contributed by atoms with Crippen LogP contribution in [-0.4, -0.2) is 11.7 Å². The first-order valence-electron chi connectivity index (χ1n) is 6.67. The summed E-state index contributed by atoms with van der Waals surface area (Å²) >= 11 is 0. The van der Waals surface area contributed by atoms with Crippen molar-refractivity contribution in [2.45, 2.75) is 12.6 Å².